The third-order valence-electron chi connectivity index (χ3n) is 3.32. The van der Waals surface area contributed by atoms with E-state index < -0.39 is 0 Å². The molecule has 0 aliphatic rings. The Morgan fingerprint density at radius 1 is 1.11 bits per heavy atom. The van der Waals surface area contributed by atoms with E-state index in [1.807, 2.05) is 25.1 Å². The van der Waals surface area contributed by atoms with Gasteiger partial charge in [0.1, 0.15) is 0 Å². The van der Waals surface area contributed by atoms with Gasteiger partial charge in [0, 0.05) is 15.5 Å². The van der Waals surface area contributed by atoms with Crippen LogP contribution in [0.5, 0.6) is 0 Å². The Morgan fingerprint density at radius 3 is 2.37 bits per heavy atom. The van der Waals surface area contributed by atoms with Crippen molar-refractivity contribution >= 4 is 27.5 Å². The maximum absolute atomic E-state index is 6.33. The molecule has 1 unspecified atom stereocenters. The van der Waals surface area contributed by atoms with E-state index in [9.17, 15) is 0 Å². The molecule has 0 aliphatic heterocycles. The lowest BCUT2D eigenvalue weighted by Gasteiger charge is -2.16. The minimum Gasteiger partial charge on any atom is -0.324 e. The van der Waals surface area contributed by atoms with Crippen molar-refractivity contribution in [3.8, 4) is 0 Å². The fraction of sp³-hybridized carbons (Fsp3) is 0.250. The Bertz CT molecular complexity index is 578. The number of benzene rings is 2. The zero-order valence-corrected chi connectivity index (χ0v) is 13.4. The van der Waals surface area contributed by atoms with Gasteiger partial charge in [-0.1, -0.05) is 45.7 Å². The maximum atomic E-state index is 6.33. The van der Waals surface area contributed by atoms with E-state index >= 15 is 0 Å². The number of rotatable bonds is 3. The molecule has 0 saturated carbocycles. The van der Waals surface area contributed by atoms with Gasteiger partial charge in [-0.2, -0.15) is 0 Å². The third kappa shape index (κ3) is 3.59. The second-order valence-corrected chi connectivity index (χ2v) is 6.22. The number of nitrogens with two attached hydrogens (primary N) is 1. The Labute approximate surface area is 127 Å². The lowest BCUT2D eigenvalue weighted by Crippen LogP contribution is -2.15. The fourth-order valence-corrected chi connectivity index (χ4v) is 2.67. The molecule has 0 aliphatic carbocycles. The summed E-state index contributed by atoms with van der Waals surface area (Å²) in [5.41, 5.74) is 11.0. The van der Waals surface area contributed by atoms with Gasteiger partial charge in [0.05, 0.1) is 0 Å². The van der Waals surface area contributed by atoms with Crippen LogP contribution in [0.15, 0.2) is 40.9 Å². The van der Waals surface area contributed by atoms with Gasteiger partial charge in [0.2, 0.25) is 0 Å². The van der Waals surface area contributed by atoms with Gasteiger partial charge in [-0.3, -0.25) is 0 Å². The second kappa shape index (κ2) is 6.08. The molecular weight excluding hydrogens is 322 g/mol. The highest BCUT2D eigenvalue weighted by Gasteiger charge is 2.11. The van der Waals surface area contributed by atoms with Crippen LogP contribution in [0.2, 0.25) is 5.02 Å². The van der Waals surface area contributed by atoms with E-state index in [0.29, 0.717) is 0 Å². The highest BCUT2D eigenvalue weighted by atomic mass is 79.9. The van der Waals surface area contributed by atoms with Crippen molar-refractivity contribution in [3.05, 3.63) is 68.1 Å². The summed E-state index contributed by atoms with van der Waals surface area (Å²) in [6.45, 7) is 4.07. The SMILES string of the molecule is Cc1cc(C(N)Cc2ccc(Br)cc2)c(C)cc1Cl. The van der Waals surface area contributed by atoms with Crippen molar-refractivity contribution in [2.45, 2.75) is 26.3 Å². The van der Waals surface area contributed by atoms with Gasteiger partial charge in [0.25, 0.3) is 0 Å². The Balaban J connectivity index is 2.22. The third-order valence-corrected chi connectivity index (χ3v) is 4.25. The molecule has 2 rings (SSSR count). The zero-order valence-electron chi connectivity index (χ0n) is 11.1. The highest BCUT2D eigenvalue weighted by molar-refractivity contribution is 9.10. The number of aryl methyl sites for hydroxylation is 2. The molecule has 0 bridgehead atoms. The van der Waals surface area contributed by atoms with E-state index in [4.69, 9.17) is 17.3 Å². The molecule has 0 aromatic heterocycles. The van der Waals surface area contributed by atoms with Crippen LogP contribution >= 0.6 is 27.5 Å². The van der Waals surface area contributed by atoms with Crippen molar-refractivity contribution in [3.63, 3.8) is 0 Å². The number of hydrogen-bond acceptors (Lipinski definition) is 1. The molecule has 0 heterocycles. The van der Waals surface area contributed by atoms with Crippen molar-refractivity contribution in [1.82, 2.24) is 0 Å². The molecule has 0 spiro atoms. The van der Waals surface area contributed by atoms with Crippen LogP contribution in [0.4, 0.5) is 0 Å². The molecule has 0 amide bonds. The monoisotopic (exact) mass is 337 g/mol. The van der Waals surface area contributed by atoms with Crippen molar-refractivity contribution < 1.29 is 0 Å². The highest BCUT2D eigenvalue weighted by Crippen LogP contribution is 2.26. The molecule has 0 radical (unpaired) electrons. The van der Waals surface area contributed by atoms with Crippen LogP contribution in [-0.2, 0) is 6.42 Å². The predicted molar refractivity (Wildman–Crippen MR) is 85.7 cm³/mol. The average molecular weight is 339 g/mol. The van der Waals surface area contributed by atoms with E-state index in [-0.39, 0.29) is 6.04 Å². The number of hydrogen-bond donors (Lipinski definition) is 1. The van der Waals surface area contributed by atoms with E-state index in [2.05, 4.69) is 41.1 Å². The van der Waals surface area contributed by atoms with Crippen molar-refractivity contribution in [2.75, 3.05) is 0 Å². The van der Waals surface area contributed by atoms with Crippen molar-refractivity contribution in [2.24, 2.45) is 5.73 Å². The van der Waals surface area contributed by atoms with Crippen LogP contribution in [-0.4, -0.2) is 0 Å². The minimum atomic E-state index is -0.00265. The van der Waals surface area contributed by atoms with Crippen LogP contribution < -0.4 is 5.73 Å². The Morgan fingerprint density at radius 2 is 1.74 bits per heavy atom. The van der Waals surface area contributed by atoms with Gasteiger partial charge >= 0.3 is 0 Å². The van der Waals surface area contributed by atoms with Crippen molar-refractivity contribution in [1.29, 1.82) is 0 Å². The van der Waals surface area contributed by atoms with Crippen LogP contribution in [0, 0.1) is 13.8 Å². The molecule has 2 aromatic carbocycles. The lowest BCUT2D eigenvalue weighted by molar-refractivity contribution is 0.716. The van der Waals surface area contributed by atoms with Crippen LogP contribution in [0.3, 0.4) is 0 Å². The molecule has 2 N–H and O–H groups in total. The summed E-state index contributed by atoms with van der Waals surface area (Å²) in [4.78, 5) is 0. The second-order valence-electron chi connectivity index (χ2n) is 4.90. The molecule has 19 heavy (non-hydrogen) atoms. The Hall–Kier alpha value is -0.830. The van der Waals surface area contributed by atoms with Crippen LogP contribution in [0.25, 0.3) is 0 Å². The summed E-state index contributed by atoms with van der Waals surface area (Å²) in [5, 5.41) is 0.803. The summed E-state index contributed by atoms with van der Waals surface area (Å²) in [6, 6.07) is 12.4. The first-order chi connectivity index (χ1) is 8.97. The molecule has 0 saturated heterocycles. The molecule has 1 atom stereocenters. The molecule has 3 heteroatoms. The lowest BCUT2D eigenvalue weighted by atomic mass is 9.94. The summed E-state index contributed by atoms with van der Waals surface area (Å²) in [6.07, 6.45) is 0.829. The Kier molecular flexibility index (Phi) is 4.67. The summed E-state index contributed by atoms with van der Waals surface area (Å²) in [7, 11) is 0. The molecule has 0 fully saturated rings. The van der Waals surface area contributed by atoms with Gasteiger partial charge in [-0.25, -0.2) is 0 Å². The first kappa shape index (κ1) is 14.6. The van der Waals surface area contributed by atoms with E-state index in [1.165, 1.54) is 11.1 Å². The molecule has 2 aromatic rings. The molecular formula is C16H17BrClN. The zero-order chi connectivity index (χ0) is 14.0. The minimum absolute atomic E-state index is 0.00265. The fourth-order valence-electron chi connectivity index (χ4n) is 2.19. The first-order valence-corrected chi connectivity index (χ1v) is 7.41. The molecule has 1 nitrogen and oxygen atoms in total. The van der Waals surface area contributed by atoms with Gasteiger partial charge in [-0.15, -0.1) is 0 Å². The summed E-state index contributed by atoms with van der Waals surface area (Å²) >= 11 is 9.56. The maximum Gasteiger partial charge on any atom is 0.0438 e. The summed E-state index contributed by atoms with van der Waals surface area (Å²) in [5.74, 6) is 0. The molecule has 100 valence electrons. The predicted octanol–water partition coefficient (Wildman–Crippen LogP) is 4.96. The largest absolute Gasteiger partial charge is 0.324 e. The van der Waals surface area contributed by atoms with Gasteiger partial charge < -0.3 is 5.73 Å². The average Bonchev–Trinajstić information content (AvgIpc) is 2.36. The van der Waals surface area contributed by atoms with Crippen LogP contribution in [0.1, 0.15) is 28.3 Å². The van der Waals surface area contributed by atoms with E-state index in [0.717, 1.165) is 27.0 Å². The smallest absolute Gasteiger partial charge is 0.0438 e. The topological polar surface area (TPSA) is 26.0 Å². The quantitative estimate of drug-likeness (QED) is 0.841. The normalized spacial score (nSPS) is 12.5. The van der Waals surface area contributed by atoms with Gasteiger partial charge in [-0.05, 0) is 60.7 Å². The first-order valence-electron chi connectivity index (χ1n) is 6.24. The summed E-state index contributed by atoms with van der Waals surface area (Å²) < 4.78 is 1.09. The van der Waals surface area contributed by atoms with E-state index in [1.54, 1.807) is 0 Å². The van der Waals surface area contributed by atoms with Gasteiger partial charge in [0.15, 0.2) is 0 Å². The standard InChI is InChI=1S/C16H17BrClN/c1-10-8-15(18)11(2)7-14(10)16(19)9-12-3-5-13(17)6-4-12/h3-8,16H,9,19H2,1-2H3. The number of halogens is 2.